The summed E-state index contributed by atoms with van der Waals surface area (Å²) in [4.78, 5) is 0. The van der Waals surface area contributed by atoms with Crippen molar-refractivity contribution in [1.29, 1.82) is 0 Å². The first-order chi connectivity index (χ1) is 12.5. The van der Waals surface area contributed by atoms with E-state index in [9.17, 15) is 15.3 Å². The van der Waals surface area contributed by atoms with E-state index in [0.29, 0.717) is 18.6 Å². The van der Waals surface area contributed by atoms with Gasteiger partial charge in [-0.15, -0.1) is 6.58 Å². The molecule has 2 aromatic rings. The van der Waals surface area contributed by atoms with Gasteiger partial charge in [-0.1, -0.05) is 43.2 Å². The van der Waals surface area contributed by atoms with E-state index >= 15 is 0 Å². The number of aliphatic hydroxyl groups is 2. The Morgan fingerprint density at radius 2 is 2.00 bits per heavy atom. The van der Waals surface area contributed by atoms with Gasteiger partial charge < -0.3 is 19.7 Å². The summed E-state index contributed by atoms with van der Waals surface area (Å²) in [5.74, 6) is 0.172. The quantitative estimate of drug-likeness (QED) is 0.532. The molecule has 3 N–H and O–H groups in total. The minimum absolute atomic E-state index is 0.239. The molecule has 0 saturated carbocycles. The fourth-order valence-electron chi connectivity index (χ4n) is 3.11. The Hall–Kier alpha value is -2.30. The number of aromatic hydroxyl groups is 1. The third-order valence-electron chi connectivity index (χ3n) is 4.49. The first-order valence-corrected chi connectivity index (χ1v) is 9.05. The van der Waals surface area contributed by atoms with Crippen LogP contribution >= 0.6 is 0 Å². The molecule has 0 radical (unpaired) electrons. The summed E-state index contributed by atoms with van der Waals surface area (Å²) >= 11 is 0. The standard InChI is InChI=1S/C22H28O4/c1-3-7-16(14-17-8-5-9-18(23)15-17)11-12-20(24)19(4-2)22(25)21-10-6-13-26-21/h4-6,8-10,13-15,19-20,22-25H,2-3,7,11-12H2,1H3/b16-14+/t19-,20-,22+/m1/s1. The first-order valence-electron chi connectivity index (χ1n) is 9.05. The summed E-state index contributed by atoms with van der Waals surface area (Å²) in [6, 6.07) is 10.5. The van der Waals surface area contributed by atoms with Gasteiger partial charge in [-0.2, -0.15) is 0 Å². The largest absolute Gasteiger partial charge is 0.508 e. The second-order valence-corrected chi connectivity index (χ2v) is 6.53. The third-order valence-corrected chi connectivity index (χ3v) is 4.49. The smallest absolute Gasteiger partial charge is 0.132 e. The number of phenolic OH excluding ortho intramolecular Hbond substituents is 1. The van der Waals surface area contributed by atoms with Gasteiger partial charge in [-0.25, -0.2) is 0 Å². The molecule has 1 aromatic carbocycles. The molecular formula is C22H28O4. The van der Waals surface area contributed by atoms with Crippen LogP contribution in [-0.4, -0.2) is 21.4 Å². The zero-order chi connectivity index (χ0) is 18.9. The molecule has 140 valence electrons. The maximum atomic E-state index is 10.6. The molecule has 0 spiro atoms. The van der Waals surface area contributed by atoms with Crippen LogP contribution in [0.5, 0.6) is 5.75 Å². The summed E-state index contributed by atoms with van der Waals surface area (Å²) < 4.78 is 5.24. The van der Waals surface area contributed by atoms with E-state index in [1.165, 1.54) is 11.8 Å². The normalized spacial score (nSPS) is 15.4. The van der Waals surface area contributed by atoms with Gasteiger partial charge in [0.15, 0.2) is 0 Å². The summed E-state index contributed by atoms with van der Waals surface area (Å²) in [6.45, 7) is 5.86. The minimum Gasteiger partial charge on any atom is -0.508 e. The Morgan fingerprint density at radius 3 is 2.62 bits per heavy atom. The van der Waals surface area contributed by atoms with E-state index in [2.05, 4.69) is 19.6 Å². The van der Waals surface area contributed by atoms with Crippen LogP contribution in [0.25, 0.3) is 6.08 Å². The van der Waals surface area contributed by atoms with Crippen LogP contribution in [-0.2, 0) is 0 Å². The van der Waals surface area contributed by atoms with E-state index in [-0.39, 0.29) is 5.75 Å². The van der Waals surface area contributed by atoms with E-state index in [1.807, 2.05) is 12.1 Å². The van der Waals surface area contributed by atoms with Gasteiger partial charge >= 0.3 is 0 Å². The van der Waals surface area contributed by atoms with Crippen molar-refractivity contribution in [2.75, 3.05) is 0 Å². The summed E-state index contributed by atoms with van der Waals surface area (Å²) in [5, 5.41) is 30.6. The van der Waals surface area contributed by atoms with E-state index < -0.39 is 18.1 Å². The van der Waals surface area contributed by atoms with Crippen LogP contribution in [0, 0.1) is 5.92 Å². The number of aliphatic hydroxyl groups excluding tert-OH is 2. The summed E-state index contributed by atoms with van der Waals surface area (Å²) in [7, 11) is 0. The number of benzene rings is 1. The average molecular weight is 356 g/mol. The zero-order valence-corrected chi connectivity index (χ0v) is 15.2. The Morgan fingerprint density at radius 1 is 1.19 bits per heavy atom. The van der Waals surface area contributed by atoms with Crippen molar-refractivity contribution in [3.63, 3.8) is 0 Å². The lowest BCUT2D eigenvalue weighted by Gasteiger charge is -2.24. The van der Waals surface area contributed by atoms with Crippen LogP contribution in [0.4, 0.5) is 0 Å². The second-order valence-electron chi connectivity index (χ2n) is 6.53. The number of furan rings is 1. The molecule has 1 heterocycles. The predicted molar refractivity (Wildman–Crippen MR) is 104 cm³/mol. The van der Waals surface area contributed by atoms with Crippen molar-refractivity contribution in [1.82, 2.24) is 0 Å². The third kappa shape index (κ3) is 5.61. The molecule has 0 aliphatic rings. The predicted octanol–water partition coefficient (Wildman–Crippen LogP) is 4.85. The maximum absolute atomic E-state index is 10.6. The van der Waals surface area contributed by atoms with Gasteiger partial charge in [-0.05, 0) is 49.1 Å². The molecule has 0 unspecified atom stereocenters. The van der Waals surface area contributed by atoms with Crippen molar-refractivity contribution in [3.05, 3.63) is 72.2 Å². The first kappa shape index (κ1) is 20.0. The van der Waals surface area contributed by atoms with Crippen molar-refractivity contribution >= 4 is 6.08 Å². The van der Waals surface area contributed by atoms with Crippen molar-refractivity contribution < 1.29 is 19.7 Å². The highest BCUT2D eigenvalue weighted by atomic mass is 16.4. The van der Waals surface area contributed by atoms with Crippen molar-refractivity contribution in [3.8, 4) is 5.75 Å². The lowest BCUT2D eigenvalue weighted by Crippen LogP contribution is -2.25. The molecule has 3 atom stereocenters. The molecule has 26 heavy (non-hydrogen) atoms. The van der Waals surface area contributed by atoms with Crippen molar-refractivity contribution in [2.24, 2.45) is 5.92 Å². The van der Waals surface area contributed by atoms with Gasteiger partial charge in [0.2, 0.25) is 0 Å². The highest BCUT2D eigenvalue weighted by molar-refractivity contribution is 5.54. The molecule has 0 saturated heterocycles. The van der Waals surface area contributed by atoms with Crippen LogP contribution in [0.2, 0.25) is 0 Å². The fraction of sp³-hybridized carbons (Fsp3) is 0.364. The topological polar surface area (TPSA) is 73.8 Å². The summed E-state index contributed by atoms with van der Waals surface area (Å²) in [5.41, 5.74) is 2.14. The SMILES string of the molecule is C=C[C@H]([C@H](O)CC/C(=C/c1cccc(O)c1)CCC)[C@H](O)c1ccco1. The highest BCUT2D eigenvalue weighted by Crippen LogP contribution is 2.29. The van der Waals surface area contributed by atoms with Crippen LogP contribution in [0.1, 0.15) is 50.0 Å². The number of hydrogen-bond acceptors (Lipinski definition) is 4. The lowest BCUT2D eigenvalue weighted by atomic mass is 9.89. The highest BCUT2D eigenvalue weighted by Gasteiger charge is 2.27. The molecule has 0 amide bonds. The van der Waals surface area contributed by atoms with Gasteiger partial charge in [-0.3, -0.25) is 0 Å². The van der Waals surface area contributed by atoms with Gasteiger partial charge in [0.25, 0.3) is 0 Å². The summed E-state index contributed by atoms with van der Waals surface area (Å²) in [6.07, 6.45) is 6.64. The molecule has 0 bridgehead atoms. The van der Waals surface area contributed by atoms with Crippen LogP contribution in [0.3, 0.4) is 0 Å². The van der Waals surface area contributed by atoms with E-state index in [1.54, 1.807) is 30.3 Å². The molecule has 0 aliphatic carbocycles. The lowest BCUT2D eigenvalue weighted by molar-refractivity contribution is 0.0207. The fourth-order valence-corrected chi connectivity index (χ4v) is 3.11. The molecule has 2 rings (SSSR count). The van der Waals surface area contributed by atoms with Gasteiger partial charge in [0.1, 0.15) is 17.6 Å². The molecule has 4 nitrogen and oxygen atoms in total. The number of hydrogen-bond donors (Lipinski definition) is 3. The Labute approximate surface area is 155 Å². The minimum atomic E-state index is -0.915. The Balaban J connectivity index is 2.03. The molecule has 4 heteroatoms. The second kappa shape index (κ2) is 10.00. The molecule has 0 aliphatic heterocycles. The zero-order valence-electron chi connectivity index (χ0n) is 15.2. The molecule has 1 aromatic heterocycles. The average Bonchev–Trinajstić information content (AvgIpc) is 3.15. The maximum Gasteiger partial charge on any atom is 0.132 e. The van der Waals surface area contributed by atoms with Crippen molar-refractivity contribution in [2.45, 2.75) is 44.8 Å². The molecular weight excluding hydrogens is 328 g/mol. The van der Waals surface area contributed by atoms with Crippen LogP contribution < -0.4 is 0 Å². The van der Waals surface area contributed by atoms with Gasteiger partial charge in [0.05, 0.1) is 12.4 Å². The molecule has 0 fully saturated rings. The van der Waals surface area contributed by atoms with Crippen LogP contribution in [0.15, 0.2) is 65.3 Å². The Bertz CT molecular complexity index is 703. The number of rotatable bonds is 10. The van der Waals surface area contributed by atoms with Gasteiger partial charge in [0, 0.05) is 5.92 Å². The van der Waals surface area contributed by atoms with E-state index in [4.69, 9.17) is 4.42 Å². The number of allylic oxidation sites excluding steroid dienone is 1. The number of phenols is 1. The van der Waals surface area contributed by atoms with E-state index in [0.717, 1.165) is 18.4 Å². The Kier molecular flexibility index (Phi) is 7.70. The monoisotopic (exact) mass is 356 g/mol.